The van der Waals surface area contributed by atoms with Crippen LogP contribution in [0.2, 0.25) is 15.2 Å². The van der Waals surface area contributed by atoms with Crippen molar-refractivity contribution < 1.29 is 8.42 Å². The molecule has 4 nitrogen and oxygen atoms in total. The zero-order chi connectivity index (χ0) is 20.6. The highest BCUT2D eigenvalue weighted by molar-refractivity contribution is 7.92. The largest absolute Gasteiger partial charge is 0.266 e. The molecule has 0 atom stereocenters. The van der Waals surface area contributed by atoms with Crippen LogP contribution in [0.4, 0.5) is 5.69 Å². The van der Waals surface area contributed by atoms with Crippen LogP contribution >= 0.6 is 34.8 Å². The van der Waals surface area contributed by atoms with Crippen molar-refractivity contribution in [3.63, 3.8) is 0 Å². The number of sulfonamides is 1. The highest BCUT2D eigenvalue weighted by Crippen LogP contribution is 2.37. The summed E-state index contributed by atoms with van der Waals surface area (Å²) in [6, 6.07) is 13.8. The third kappa shape index (κ3) is 3.97. The van der Waals surface area contributed by atoms with Crippen LogP contribution in [0, 0.1) is 0 Å². The van der Waals surface area contributed by atoms with Crippen LogP contribution in [0.15, 0.2) is 59.6 Å². The Balaban J connectivity index is 1.83. The lowest BCUT2D eigenvalue weighted by molar-refractivity contribution is 0.589. The zero-order valence-electron chi connectivity index (χ0n) is 15.3. The second-order valence-electron chi connectivity index (χ2n) is 6.79. The van der Waals surface area contributed by atoms with Crippen LogP contribution in [-0.2, 0) is 16.4 Å². The van der Waals surface area contributed by atoms with Crippen molar-refractivity contribution in [2.75, 3.05) is 10.8 Å². The molecule has 0 spiro atoms. The van der Waals surface area contributed by atoms with Crippen molar-refractivity contribution in [1.82, 2.24) is 4.98 Å². The lowest BCUT2D eigenvalue weighted by Gasteiger charge is -2.25. The van der Waals surface area contributed by atoms with Gasteiger partial charge in [-0.1, -0.05) is 53.0 Å². The maximum Gasteiger partial charge on any atom is 0.264 e. The monoisotopic (exact) mass is 466 g/mol. The Kier molecular flexibility index (Phi) is 5.76. The predicted molar refractivity (Wildman–Crippen MR) is 119 cm³/mol. The Bertz CT molecular complexity index is 1180. The number of benzene rings is 2. The first-order chi connectivity index (χ1) is 13.9. The molecule has 3 aromatic rings. The summed E-state index contributed by atoms with van der Waals surface area (Å²) in [4.78, 5) is 4.20. The summed E-state index contributed by atoms with van der Waals surface area (Å²) >= 11 is 18.5. The van der Waals surface area contributed by atoms with E-state index in [0.29, 0.717) is 27.7 Å². The molecule has 1 aliphatic heterocycles. The first-order valence-electron chi connectivity index (χ1n) is 9.09. The lowest BCUT2D eigenvalue weighted by Crippen LogP contribution is -2.31. The average Bonchev–Trinajstić information content (AvgIpc) is 2.92. The van der Waals surface area contributed by atoms with E-state index in [-0.39, 0.29) is 10.0 Å². The maximum atomic E-state index is 13.5. The number of fused-ring (bicyclic) bond motifs is 1. The topological polar surface area (TPSA) is 50.3 Å². The van der Waals surface area contributed by atoms with Crippen LogP contribution in [0.3, 0.4) is 0 Å². The van der Waals surface area contributed by atoms with Gasteiger partial charge < -0.3 is 0 Å². The van der Waals surface area contributed by atoms with Gasteiger partial charge >= 0.3 is 0 Å². The minimum Gasteiger partial charge on any atom is -0.266 e. The fraction of sp³-hybridized carbons (Fsp3) is 0.190. The van der Waals surface area contributed by atoms with Gasteiger partial charge in [-0.15, -0.1) is 0 Å². The minimum absolute atomic E-state index is 0.152. The number of aryl methyl sites for hydroxylation is 1. The van der Waals surface area contributed by atoms with Gasteiger partial charge in [-0.2, -0.15) is 0 Å². The molecule has 0 radical (unpaired) electrons. The highest BCUT2D eigenvalue weighted by atomic mass is 35.5. The van der Waals surface area contributed by atoms with Gasteiger partial charge in [-0.05, 0) is 55.2 Å². The van der Waals surface area contributed by atoms with Crippen LogP contribution in [0.25, 0.3) is 11.1 Å². The van der Waals surface area contributed by atoms with E-state index in [1.807, 2.05) is 24.3 Å². The summed E-state index contributed by atoms with van der Waals surface area (Å²) in [7, 11) is -3.78. The van der Waals surface area contributed by atoms with Gasteiger partial charge in [0.25, 0.3) is 10.0 Å². The van der Waals surface area contributed by atoms with E-state index in [1.165, 1.54) is 22.6 Å². The second-order valence-corrected chi connectivity index (χ2v) is 9.86. The van der Waals surface area contributed by atoms with Crippen molar-refractivity contribution >= 4 is 50.5 Å². The van der Waals surface area contributed by atoms with E-state index in [9.17, 15) is 8.42 Å². The fourth-order valence-electron chi connectivity index (χ4n) is 3.51. The van der Waals surface area contributed by atoms with E-state index in [4.69, 9.17) is 34.8 Å². The summed E-state index contributed by atoms with van der Waals surface area (Å²) in [5.41, 5.74) is 2.78. The molecule has 0 aliphatic carbocycles. The standard InChI is InChI=1S/C21H17Cl3N2O2S/c22-18-9-8-15(11-16(18)17-13-25-21(24)12-19(17)23)29(27,28)26-10-4-3-6-14-5-1-2-7-20(14)26/h1-2,5,7-9,11-13H,3-4,6,10H2. The number of para-hydroxylation sites is 1. The van der Waals surface area contributed by atoms with Gasteiger partial charge in [-0.3, -0.25) is 4.31 Å². The van der Waals surface area contributed by atoms with Crippen molar-refractivity contribution in [3.8, 4) is 11.1 Å². The Morgan fingerprint density at radius 3 is 2.48 bits per heavy atom. The first kappa shape index (κ1) is 20.5. The molecule has 0 saturated heterocycles. The van der Waals surface area contributed by atoms with Crippen LogP contribution < -0.4 is 4.31 Å². The second kappa shape index (κ2) is 8.15. The number of hydrogen-bond acceptors (Lipinski definition) is 3. The molecule has 2 aromatic carbocycles. The van der Waals surface area contributed by atoms with Gasteiger partial charge in [0.05, 0.1) is 15.6 Å². The van der Waals surface area contributed by atoms with E-state index in [1.54, 1.807) is 12.1 Å². The normalized spacial score (nSPS) is 14.4. The van der Waals surface area contributed by atoms with Crippen molar-refractivity contribution in [1.29, 1.82) is 0 Å². The van der Waals surface area contributed by atoms with Gasteiger partial charge in [0, 0.05) is 28.9 Å². The SMILES string of the molecule is O=S(=O)(c1ccc(Cl)c(-c2cnc(Cl)cc2Cl)c1)N1CCCCc2ccccc21. The average molecular weight is 468 g/mol. The van der Waals surface area contributed by atoms with Gasteiger partial charge in [-0.25, -0.2) is 13.4 Å². The Labute approximate surface area is 185 Å². The van der Waals surface area contributed by atoms with Crippen LogP contribution in [-0.4, -0.2) is 19.9 Å². The molecule has 1 aliphatic rings. The molecular formula is C21H17Cl3N2O2S. The first-order valence-corrected chi connectivity index (χ1v) is 11.7. The fourth-order valence-corrected chi connectivity index (χ4v) is 5.77. The summed E-state index contributed by atoms with van der Waals surface area (Å²) in [5.74, 6) is 0. The molecule has 0 N–H and O–H groups in total. The van der Waals surface area contributed by atoms with E-state index >= 15 is 0 Å². The molecule has 1 aromatic heterocycles. The van der Waals surface area contributed by atoms with Crippen molar-refractivity contribution in [2.45, 2.75) is 24.2 Å². The minimum atomic E-state index is -3.78. The Morgan fingerprint density at radius 1 is 0.897 bits per heavy atom. The molecule has 0 fully saturated rings. The number of hydrogen-bond donors (Lipinski definition) is 0. The summed E-state index contributed by atoms with van der Waals surface area (Å²) in [6.45, 7) is 0.431. The third-order valence-electron chi connectivity index (χ3n) is 4.95. The Hall–Kier alpha value is -1.79. The van der Waals surface area contributed by atoms with Gasteiger partial charge in [0.2, 0.25) is 0 Å². The highest BCUT2D eigenvalue weighted by Gasteiger charge is 2.28. The van der Waals surface area contributed by atoms with Crippen molar-refractivity contribution in [3.05, 3.63) is 75.5 Å². The summed E-state index contributed by atoms with van der Waals surface area (Å²) in [6.07, 6.45) is 4.09. The van der Waals surface area contributed by atoms with Gasteiger partial charge in [0.1, 0.15) is 5.15 Å². The number of rotatable bonds is 3. The number of aromatic nitrogens is 1. The molecule has 0 saturated carbocycles. The number of nitrogens with zero attached hydrogens (tertiary/aromatic N) is 2. The number of pyridine rings is 1. The molecular weight excluding hydrogens is 451 g/mol. The summed E-state index contributed by atoms with van der Waals surface area (Å²) in [5, 5.41) is 0.979. The molecule has 29 heavy (non-hydrogen) atoms. The van der Waals surface area contributed by atoms with Crippen molar-refractivity contribution in [2.24, 2.45) is 0 Å². The molecule has 8 heteroatoms. The number of anilines is 1. The Morgan fingerprint density at radius 2 is 1.69 bits per heavy atom. The smallest absolute Gasteiger partial charge is 0.264 e. The summed E-state index contributed by atoms with van der Waals surface area (Å²) < 4.78 is 28.6. The quantitative estimate of drug-likeness (QED) is 0.428. The lowest BCUT2D eigenvalue weighted by atomic mass is 10.1. The molecule has 150 valence electrons. The number of halogens is 3. The van der Waals surface area contributed by atoms with Gasteiger partial charge in [0.15, 0.2) is 0 Å². The van der Waals surface area contributed by atoms with Crippen LogP contribution in [0.1, 0.15) is 18.4 Å². The molecule has 0 unspecified atom stereocenters. The molecule has 2 heterocycles. The molecule has 0 amide bonds. The van der Waals surface area contributed by atoms with Crippen LogP contribution in [0.5, 0.6) is 0 Å². The predicted octanol–water partition coefficient (Wildman–Crippen LogP) is 6.24. The molecule has 4 rings (SSSR count). The maximum absolute atomic E-state index is 13.5. The zero-order valence-corrected chi connectivity index (χ0v) is 18.4. The molecule has 0 bridgehead atoms. The van der Waals surface area contributed by atoms with E-state index in [2.05, 4.69) is 4.98 Å². The van der Waals surface area contributed by atoms with E-state index in [0.717, 1.165) is 30.5 Å². The van der Waals surface area contributed by atoms with E-state index < -0.39 is 10.0 Å². The third-order valence-corrected chi connectivity index (χ3v) is 7.61.